The Morgan fingerprint density at radius 1 is 1.00 bits per heavy atom. The van der Waals surface area contributed by atoms with Crippen LogP contribution in [0.4, 0.5) is 24.5 Å². The van der Waals surface area contributed by atoms with Crippen LogP contribution < -0.4 is 10.6 Å². The summed E-state index contributed by atoms with van der Waals surface area (Å²) in [4.78, 5) is 11.8. The van der Waals surface area contributed by atoms with Crippen molar-refractivity contribution in [1.29, 1.82) is 0 Å². The van der Waals surface area contributed by atoms with E-state index in [-0.39, 0.29) is 5.69 Å². The van der Waals surface area contributed by atoms with Crippen molar-refractivity contribution in [3.63, 3.8) is 0 Å². The van der Waals surface area contributed by atoms with Gasteiger partial charge in [-0.15, -0.1) is 0 Å². The van der Waals surface area contributed by atoms with Crippen molar-refractivity contribution in [3.8, 4) is 0 Å². The Balaban J connectivity index is 1.97. The molecular formula is C14H9F3N2O. The van der Waals surface area contributed by atoms with Gasteiger partial charge in [0.25, 0.3) is 5.91 Å². The lowest BCUT2D eigenvalue weighted by atomic mass is 10.1. The maximum atomic E-state index is 13.6. The van der Waals surface area contributed by atoms with E-state index in [9.17, 15) is 18.0 Å². The first-order valence-electron chi connectivity index (χ1n) is 5.86. The van der Waals surface area contributed by atoms with Gasteiger partial charge in [-0.25, -0.2) is 13.2 Å². The summed E-state index contributed by atoms with van der Waals surface area (Å²) in [6, 6.07) is 5.73. The van der Waals surface area contributed by atoms with Gasteiger partial charge < -0.3 is 10.6 Å². The zero-order chi connectivity index (χ0) is 14.3. The highest BCUT2D eigenvalue weighted by molar-refractivity contribution is 6.04. The van der Waals surface area contributed by atoms with Gasteiger partial charge in [0.1, 0.15) is 23.5 Å². The minimum absolute atomic E-state index is 0.151. The lowest BCUT2D eigenvalue weighted by Gasteiger charge is -2.13. The Hall–Kier alpha value is -2.50. The highest BCUT2D eigenvalue weighted by Crippen LogP contribution is 2.34. The van der Waals surface area contributed by atoms with Gasteiger partial charge >= 0.3 is 0 Å². The largest absolute Gasteiger partial charge is 0.368 e. The lowest BCUT2D eigenvalue weighted by molar-refractivity contribution is -0.116. The van der Waals surface area contributed by atoms with Crippen LogP contribution in [0.15, 0.2) is 36.4 Å². The number of nitrogens with one attached hydrogen (secondary N) is 2. The number of hydrogen-bond acceptors (Lipinski definition) is 2. The molecule has 0 aromatic heterocycles. The molecule has 3 rings (SSSR count). The topological polar surface area (TPSA) is 41.1 Å². The number of fused-ring (bicyclic) bond motifs is 1. The monoisotopic (exact) mass is 278 g/mol. The summed E-state index contributed by atoms with van der Waals surface area (Å²) in [5.41, 5.74) is 0.659. The third kappa shape index (κ3) is 2.09. The number of halogens is 3. The molecule has 0 saturated heterocycles. The van der Waals surface area contributed by atoms with Gasteiger partial charge in [0, 0.05) is 11.3 Å². The predicted octanol–water partition coefficient (Wildman–Crippen LogP) is 3.21. The van der Waals surface area contributed by atoms with Crippen molar-refractivity contribution < 1.29 is 18.0 Å². The second-order valence-corrected chi connectivity index (χ2v) is 4.42. The van der Waals surface area contributed by atoms with Crippen LogP contribution in [-0.4, -0.2) is 5.91 Å². The third-order valence-electron chi connectivity index (χ3n) is 3.07. The smallest absolute Gasteiger partial charge is 0.251 e. The van der Waals surface area contributed by atoms with E-state index in [4.69, 9.17) is 0 Å². The van der Waals surface area contributed by atoms with E-state index in [0.29, 0.717) is 11.3 Å². The summed E-state index contributed by atoms with van der Waals surface area (Å²) in [5, 5.41) is 5.13. The molecule has 3 nitrogen and oxygen atoms in total. The van der Waals surface area contributed by atoms with Crippen molar-refractivity contribution in [1.82, 2.24) is 0 Å². The SMILES string of the molecule is O=C1Nc2ccc(F)cc2C1Nc1cc(F)ccc1F. The molecule has 1 amide bonds. The van der Waals surface area contributed by atoms with Gasteiger partial charge in [0.2, 0.25) is 0 Å². The molecule has 0 bridgehead atoms. The lowest BCUT2D eigenvalue weighted by Crippen LogP contribution is -2.20. The first-order valence-corrected chi connectivity index (χ1v) is 5.86. The van der Waals surface area contributed by atoms with Crippen LogP contribution in [0.3, 0.4) is 0 Å². The highest BCUT2D eigenvalue weighted by atomic mass is 19.1. The first kappa shape index (κ1) is 12.5. The molecule has 0 aliphatic carbocycles. The average Bonchev–Trinajstić information content (AvgIpc) is 2.70. The predicted molar refractivity (Wildman–Crippen MR) is 67.8 cm³/mol. The van der Waals surface area contributed by atoms with Crippen molar-refractivity contribution >= 4 is 17.3 Å². The fraction of sp³-hybridized carbons (Fsp3) is 0.0714. The Morgan fingerprint density at radius 2 is 1.70 bits per heavy atom. The number of amides is 1. The molecule has 1 unspecified atom stereocenters. The molecule has 0 spiro atoms. The van der Waals surface area contributed by atoms with Crippen LogP contribution >= 0.6 is 0 Å². The summed E-state index contributed by atoms with van der Waals surface area (Å²) in [6.07, 6.45) is 0. The molecule has 2 aromatic carbocycles. The quantitative estimate of drug-likeness (QED) is 0.885. The van der Waals surface area contributed by atoms with Gasteiger partial charge in [-0.3, -0.25) is 4.79 Å². The van der Waals surface area contributed by atoms with Crippen LogP contribution in [-0.2, 0) is 4.79 Å². The fourth-order valence-corrected chi connectivity index (χ4v) is 2.14. The first-order chi connectivity index (χ1) is 9.54. The number of carbonyl (C=O) groups excluding carboxylic acids is 1. The summed E-state index contributed by atoms with van der Waals surface area (Å²) in [5.74, 6) is -2.28. The van der Waals surface area contributed by atoms with E-state index in [2.05, 4.69) is 10.6 Å². The Labute approximate surface area is 112 Å². The van der Waals surface area contributed by atoms with Gasteiger partial charge in [-0.2, -0.15) is 0 Å². The molecule has 102 valence electrons. The Bertz CT molecular complexity index is 703. The van der Waals surface area contributed by atoms with E-state index in [1.807, 2.05) is 0 Å². The van der Waals surface area contributed by atoms with Crippen molar-refractivity contribution in [3.05, 3.63) is 59.4 Å². The van der Waals surface area contributed by atoms with Crippen molar-refractivity contribution in [2.24, 2.45) is 0 Å². The molecule has 1 aliphatic heterocycles. The molecule has 1 heterocycles. The fourth-order valence-electron chi connectivity index (χ4n) is 2.14. The van der Waals surface area contributed by atoms with Gasteiger partial charge in [0.15, 0.2) is 0 Å². The van der Waals surface area contributed by atoms with Crippen molar-refractivity contribution in [2.75, 3.05) is 10.6 Å². The molecule has 1 aliphatic rings. The highest BCUT2D eigenvalue weighted by Gasteiger charge is 2.31. The molecule has 2 aromatic rings. The average molecular weight is 278 g/mol. The summed E-state index contributed by atoms with van der Waals surface area (Å²) < 4.78 is 39.9. The molecule has 0 radical (unpaired) electrons. The molecule has 0 saturated carbocycles. The second-order valence-electron chi connectivity index (χ2n) is 4.42. The number of hydrogen-bond donors (Lipinski definition) is 2. The van der Waals surface area contributed by atoms with E-state index < -0.39 is 29.4 Å². The van der Waals surface area contributed by atoms with Crippen molar-refractivity contribution in [2.45, 2.75) is 6.04 Å². The number of rotatable bonds is 2. The molecule has 6 heteroatoms. The van der Waals surface area contributed by atoms with Gasteiger partial charge in [-0.05, 0) is 36.4 Å². The number of benzene rings is 2. The Morgan fingerprint density at radius 3 is 2.50 bits per heavy atom. The minimum Gasteiger partial charge on any atom is -0.368 e. The van der Waals surface area contributed by atoms with Crippen LogP contribution in [0.1, 0.15) is 11.6 Å². The van der Waals surface area contributed by atoms with E-state index >= 15 is 0 Å². The minimum atomic E-state index is -0.961. The summed E-state index contributed by atoms with van der Waals surface area (Å²) in [6.45, 7) is 0. The zero-order valence-electron chi connectivity index (χ0n) is 10.1. The van der Waals surface area contributed by atoms with Crippen LogP contribution in [0.2, 0.25) is 0 Å². The van der Waals surface area contributed by atoms with Gasteiger partial charge in [-0.1, -0.05) is 0 Å². The maximum Gasteiger partial charge on any atom is 0.251 e. The molecule has 20 heavy (non-hydrogen) atoms. The standard InChI is InChI=1S/C14H9F3N2O/c15-7-2-4-11-9(5-7)13(14(20)19-11)18-12-6-8(16)1-3-10(12)17/h1-6,13,18H,(H,19,20). The van der Waals surface area contributed by atoms with Gasteiger partial charge in [0.05, 0.1) is 5.69 Å². The zero-order valence-corrected chi connectivity index (χ0v) is 10.1. The van der Waals surface area contributed by atoms with E-state index in [1.54, 1.807) is 0 Å². The summed E-state index contributed by atoms with van der Waals surface area (Å²) >= 11 is 0. The van der Waals surface area contributed by atoms with Crippen LogP contribution in [0.25, 0.3) is 0 Å². The molecule has 0 fully saturated rings. The molecular weight excluding hydrogens is 269 g/mol. The normalized spacial score (nSPS) is 16.8. The Kier molecular flexibility index (Phi) is 2.85. The van der Waals surface area contributed by atoms with Crippen LogP contribution in [0.5, 0.6) is 0 Å². The number of carbonyl (C=O) groups is 1. The third-order valence-corrected chi connectivity index (χ3v) is 3.07. The number of anilines is 2. The summed E-state index contributed by atoms with van der Waals surface area (Å²) in [7, 11) is 0. The van der Waals surface area contributed by atoms with Crippen LogP contribution in [0, 0.1) is 17.5 Å². The maximum absolute atomic E-state index is 13.6. The van der Waals surface area contributed by atoms with E-state index in [1.165, 1.54) is 18.2 Å². The molecule has 1 atom stereocenters. The van der Waals surface area contributed by atoms with E-state index in [0.717, 1.165) is 18.2 Å². The molecule has 2 N–H and O–H groups in total. The second kappa shape index (κ2) is 4.56.